The van der Waals surface area contributed by atoms with E-state index in [1.54, 1.807) is 11.3 Å². The topological polar surface area (TPSA) is 43.6 Å². The summed E-state index contributed by atoms with van der Waals surface area (Å²) in [7, 11) is 0. The lowest BCUT2D eigenvalue weighted by molar-refractivity contribution is 0.566. The van der Waals surface area contributed by atoms with E-state index < -0.39 is 0 Å². The third-order valence-electron chi connectivity index (χ3n) is 3.86. The van der Waals surface area contributed by atoms with Gasteiger partial charge in [0.05, 0.1) is 17.9 Å². The predicted octanol–water partition coefficient (Wildman–Crippen LogP) is 3.90. The molecule has 1 atom stereocenters. The van der Waals surface area contributed by atoms with Crippen LogP contribution in [0.1, 0.15) is 62.3 Å². The number of aromatic nitrogens is 4. The van der Waals surface area contributed by atoms with E-state index in [9.17, 15) is 0 Å². The van der Waals surface area contributed by atoms with Crippen molar-refractivity contribution < 1.29 is 0 Å². The number of nitrogens with zero attached hydrogens (tertiary/aromatic N) is 4. The molecule has 0 unspecified atom stereocenters. The molecule has 0 fully saturated rings. The number of hydrogen-bond acceptors (Lipinski definition) is 4. The first-order valence-corrected chi connectivity index (χ1v) is 8.40. The van der Waals surface area contributed by atoms with Crippen LogP contribution in [0, 0.1) is 0 Å². The van der Waals surface area contributed by atoms with Crippen LogP contribution >= 0.6 is 11.3 Å². The second kappa shape index (κ2) is 5.72. The molecular formula is C16H22N4S. The molecule has 0 N–H and O–H groups in total. The molecule has 0 saturated heterocycles. The SMILES string of the molecule is CC(C)(C)c1csc(Cn2cc([C@@H]3CC=CCC3)nn2)n1. The summed E-state index contributed by atoms with van der Waals surface area (Å²) in [6.45, 7) is 7.29. The zero-order chi connectivity index (χ0) is 14.9. The molecule has 0 saturated carbocycles. The molecule has 5 heteroatoms. The summed E-state index contributed by atoms with van der Waals surface area (Å²) in [6, 6.07) is 0. The molecule has 0 amide bonds. The summed E-state index contributed by atoms with van der Waals surface area (Å²) in [4.78, 5) is 4.72. The highest BCUT2D eigenvalue weighted by atomic mass is 32.1. The lowest BCUT2D eigenvalue weighted by Gasteiger charge is -2.14. The maximum atomic E-state index is 4.72. The molecule has 2 aromatic heterocycles. The quantitative estimate of drug-likeness (QED) is 0.808. The van der Waals surface area contributed by atoms with Gasteiger partial charge in [-0.25, -0.2) is 9.67 Å². The Bertz CT molecular complexity index is 633. The van der Waals surface area contributed by atoms with Crippen LogP contribution in [0.3, 0.4) is 0 Å². The fourth-order valence-electron chi connectivity index (χ4n) is 2.51. The lowest BCUT2D eigenvalue weighted by atomic mass is 9.92. The average Bonchev–Trinajstić information content (AvgIpc) is 3.09. The van der Waals surface area contributed by atoms with Crippen LogP contribution in [0.4, 0.5) is 0 Å². The van der Waals surface area contributed by atoms with Crippen LogP contribution < -0.4 is 0 Å². The monoisotopic (exact) mass is 302 g/mol. The van der Waals surface area contributed by atoms with Gasteiger partial charge in [-0.1, -0.05) is 38.1 Å². The molecule has 21 heavy (non-hydrogen) atoms. The summed E-state index contributed by atoms with van der Waals surface area (Å²) in [5.74, 6) is 0.533. The summed E-state index contributed by atoms with van der Waals surface area (Å²) in [5.41, 5.74) is 2.38. The highest BCUT2D eigenvalue weighted by Crippen LogP contribution is 2.28. The van der Waals surface area contributed by atoms with E-state index in [-0.39, 0.29) is 5.41 Å². The first-order valence-electron chi connectivity index (χ1n) is 7.52. The minimum atomic E-state index is 0.108. The van der Waals surface area contributed by atoms with Crippen molar-refractivity contribution in [1.29, 1.82) is 0 Å². The van der Waals surface area contributed by atoms with Crippen molar-refractivity contribution in [3.05, 3.63) is 40.1 Å². The number of allylic oxidation sites excluding steroid dienone is 2. The van der Waals surface area contributed by atoms with Gasteiger partial charge in [-0.2, -0.15) is 0 Å². The number of rotatable bonds is 3. The first-order chi connectivity index (χ1) is 10.0. The van der Waals surface area contributed by atoms with Crippen molar-refractivity contribution >= 4 is 11.3 Å². The molecule has 0 aliphatic heterocycles. The van der Waals surface area contributed by atoms with Crippen molar-refractivity contribution in [2.24, 2.45) is 0 Å². The van der Waals surface area contributed by atoms with Crippen molar-refractivity contribution in [2.75, 3.05) is 0 Å². The minimum absolute atomic E-state index is 0.108. The predicted molar refractivity (Wildman–Crippen MR) is 85.7 cm³/mol. The first kappa shape index (κ1) is 14.4. The Morgan fingerprint density at radius 1 is 1.33 bits per heavy atom. The van der Waals surface area contributed by atoms with Gasteiger partial charge >= 0.3 is 0 Å². The number of thiazole rings is 1. The molecule has 0 bridgehead atoms. The largest absolute Gasteiger partial charge is 0.245 e. The Hall–Kier alpha value is -1.49. The standard InChI is InChI=1S/C16H22N4S/c1-16(2,3)14-11-21-15(17-14)10-20-9-13(18-19-20)12-7-5-4-6-8-12/h4-5,9,11-12H,6-8,10H2,1-3H3/t12-/m1/s1. The Kier molecular flexibility index (Phi) is 3.93. The van der Waals surface area contributed by atoms with Crippen LogP contribution in [0.25, 0.3) is 0 Å². The molecule has 2 aromatic rings. The zero-order valence-corrected chi connectivity index (χ0v) is 13.7. The van der Waals surface area contributed by atoms with Crippen molar-refractivity contribution in [3.8, 4) is 0 Å². The molecule has 0 radical (unpaired) electrons. The van der Waals surface area contributed by atoms with Gasteiger partial charge in [-0.05, 0) is 19.3 Å². The van der Waals surface area contributed by atoms with Gasteiger partial charge in [-0.3, -0.25) is 0 Å². The van der Waals surface area contributed by atoms with E-state index >= 15 is 0 Å². The molecule has 2 heterocycles. The summed E-state index contributed by atoms with van der Waals surface area (Å²) >= 11 is 1.71. The van der Waals surface area contributed by atoms with E-state index in [4.69, 9.17) is 4.98 Å². The van der Waals surface area contributed by atoms with Crippen LogP contribution in [0.15, 0.2) is 23.7 Å². The maximum absolute atomic E-state index is 4.72. The lowest BCUT2D eigenvalue weighted by Crippen LogP contribution is -2.12. The zero-order valence-electron chi connectivity index (χ0n) is 12.9. The summed E-state index contributed by atoms with van der Waals surface area (Å²) < 4.78 is 1.92. The molecule has 0 aromatic carbocycles. The molecular weight excluding hydrogens is 280 g/mol. The van der Waals surface area contributed by atoms with Crippen molar-refractivity contribution in [3.63, 3.8) is 0 Å². The summed E-state index contributed by atoms with van der Waals surface area (Å²) in [6.07, 6.45) is 10.0. The summed E-state index contributed by atoms with van der Waals surface area (Å²) in [5, 5.41) is 11.9. The van der Waals surface area contributed by atoms with E-state index in [1.165, 1.54) is 6.42 Å². The van der Waals surface area contributed by atoms with Crippen LogP contribution in [-0.4, -0.2) is 20.0 Å². The van der Waals surface area contributed by atoms with Gasteiger partial charge in [0.25, 0.3) is 0 Å². The van der Waals surface area contributed by atoms with Gasteiger partial charge in [0, 0.05) is 22.9 Å². The van der Waals surface area contributed by atoms with E-state index in [1.807, 2.05) is 4.68 Å². The Morgan fingerprint density at radius 3 is 2.86 bits per heavy atom. The van der Waals surface area contributed by atoms with E-state index in [0.717, 1.165) is 35.8 Å². The maximum Gasteiger partial charge on any atom is 0.114 e. The van der Waals surface area contributed by atoms with Gasteiger partial charge < -0.3 is 0 Å². The molecule has 1 aliphatic carbocycles. The van der Waals surface area contributed by atoms with Gasteiger partial charge in [-0.15, -0.1) is 16.4 Å². The van der Waals surface area contributed by atoms with E-state index in [0.29, 0.717) is 5.92 Å². The van der Waals surface area contributed by atoms with Crippen LogP contribution in [0.5, 0.6) is 0 Å². The number of hydrogen-bond donors (Lipinski definition) is 0. The Morgan fingerprint density at radius 2 is 2.19 bits per heavy atom. The smallest absolute Gasteiger partial charge is 0.114 e. The fraction of sp³-hybridized carbons (Fsp3) is 0.562. The average molecular weight is 302 g/mol. The van der Waals surface area contributed by atoms with Crippen LogP contribution in [-0.2, 0) is 12.0 Å². The molecule has 112 valence electrons. The van der Waals surface area contributed by atoms with Crippen LogP contribution in [0.2, 0.25) is 0 Å². The third-order valence-corrected chi connectivity index (χ3v) is 4.69. The Labute approximate surface area is 129 Å². The minimum Gasteiger partial charge on any atom is -0.245 e. The van der Waals surface area contributed by atoms with E-state index in [2.05, 4.69) is 54.8 Å². The second-order valence-electron chi connectivity index (χ2n) is 6.70. The van der Waals surface area contributed by atoms with Gasteiger partial charge in [0.15, 0.2) is 0 Å². The van der Waals surface area contributed by atoms with Gasteiger partial charge in [0.2, 0.25) is 0 Å². The molecule has 3 rings (SSSR count). The fourth-order valence-corrected chi connectivity index (χ4v) is 3.52. The van der Waals surface area contributed by atoms with Gasteiger partial charge in [0.1, 0.15) is 5.01 Å². The molecule has 0 spiro atoms. The molecule has 1 aliphatic rings. The normalized spacial score (nSPS) is 19.1. The highest BCUT2D eigenvalue weighted by Gasteiger charge is 2.19. The Balaban J connectivity index is 1.69. The van der Waals surface area contributed by atoms with Crippen molar-refractivity contribution in [2.45, 2.75) is 57.9 Å². The van der Waals surface area contributed by atoms with Crippen molar-refractivity contribution in [1.82, 2.24) is 20.0 Å². The highest BCUT2D eigenvalue weighted by molar-refractivity contribution is 7.09. The second-order valence-corrected chi connectivity index (χ2v) is 7.64. The molecule has 4 nitrogen and oxygen atoms in total. The third kappa shape index (κ3) is 3.40.